The van der Waals surface area contributed by atoms with E-state index in [1.807, 2.05) is 0 Å². The summed E-state index contributed by atoms with van der Waals surface area (Å²) in [5, 5.41) is 38.4. The predicted octanol–water partition coefficient (Wildman–Crippen LogP) is 5.75. The Morgan fingerprint density at radius 2 is 0.625 bits per heavy atom. The number of aromatic hydroxyl groups is 4. The third kappa shape index (κ3) is 5.61. The third-order valence-corrected chi connectivity index (χ3v) is 5.57. The minimum atomic E-state index is 0.0823. The highest BCUT2D eigenvalue weighted by molar-refractivity contribution is 5.64. The normalized spacial score (nSPS) is 10.9. The zero-order chi connectivity index (χ0) is 22.5. The molecule has 0 spiro atoms. The Balaban J connectivity index is 1.35. The molecule has 0 radical (unpaired) electrons. The van der Waals surface area contributed by atoms with Crippen LogP contribution in [-0.4, -0.2) is 20.4 Å². The SMILES string of the molecule is Oc1cc(O)cc(CCc2ccc(-c3ccc(CCc4cc(O)cc(O)c4)cc3)cc2)c1. The topological polar surface area (TPSA) is 80.9 Å². The summed E-state index contributed by atoms with van der Waals surface area (Å²) in [4.78, 5) is 0. The van der Waals surface area contributed by atoms with E-state index in [0.29, 0.717) is 0 Å². The molecule has 0 fully saturated rings. The van der Waals surface area contributed by atoms with Gasteiger partial charge in [-0.05, 0) is 83.3 Å². The average Bonchev–Trinajstić information content (AvgIpc) is 2.76. The van der Waals surface area contributed by atoms with Crippen LogP contribution in [0.25, 0.3) is 11.1 Å². The van der Waals surface area contributed by atoms with Crippen LogP contribution in [0.5, 0.6) is 23.0 Å². The quantitative estimate of drug-likeness (QED) is 0.303. The summed E-state index contributed by atoms with van der Waals surface area (Å²) in [7, 11) is 0. The van der Waals surface area contributed by atoms with E-state index in [4.69, 9.17) is 0 Å². The molecule has 4 nitrogen and oxygen atoms in total. The smallest absolute Gasteiger partial charge is 0.119 e. The fraction of sp³-hybridized carbons (Fsp3) is 0.143. The second-order valence-corrected chi connectivity index (χ2v) is 8.11. The Morgan fingerprint density at radius 3 is 0.938 bits per heavy atom. The summed E-state index contributed by atoms with van der Waals surface area (Å²) < 4.78 is 0. The standard InChI is InChI=1S/C28H26O4/c29-25-13-21(14-26(30)17-25)3-1-19-5-9-23(10-6-19)24-11-7-20(8-12-24)2-4-22-15-27(31)18-28(32)16-22/h5-18,29-32H,1-4H2. The number of phenolic OH excluding ortho intramolecular Hbond substituents is 4. The van der Waals surface area contributed by atoms with Gasteiger partial charge in [0.2, 0.25) is 0 Å². The van der Waals surface area contributed by atoms with Crippen molar-refractivity contribution in [2.24, 2.45) is 0 Å². The zero-order valence-electron chi connectivity index (χ0n) is 17.7. The molecular formula is C28H26O4. The lowest BCUT2D eigenvalue weighted by molar-refractivity contribution is 0.448. The number of rotatable bonds is 7. The van der Waals surface area contributed by atoms with Crippen LogP contribution in [0.2, 0.25) is 0 Å². The van der Waals surface area contributed by atoms with Gasteiger partial charge in [0, 0.05) is 12.1 Å². The predicted molar refractivity (Wildman–Crippen MR) is 126 cm³/mol. The molecule has 4 heteroatoms. The van der Waals surface area contributed by atoms with Gasteiger partial charge in [0.05, 0.1) is 0 Å². The van der Waals surface area contributed by atoms with Crippen molar-refractivity contribution in [2.45, 2.75) is 25.7 Å². The van der Waals surface area contributed by atoms with E-state index >= 15 is 0 Å². The lowest BCUT2D eigenvalue weighted by Crippen LogP contribution is -1.92. The van der Waals surface area contributed by atoms with Gasteiger partial charge in [0.15, 0.2) is 0 Å². The summed E-state index contributed by atoms with van der Waals surface area (Å²) in [6.45, 7) is 0. The van der Waals surface area contributed by atoms with Crippen LogP contribution in [-0.2, 0) is 25.7 Å². The number of phenols is 4. The van der Waals surface area contributed by atoms with Crippen LogP contribution >= 0.6 is 0 Å². The molecule has 0 saturated heterocycles. The molecule has 0 saturated carbocycles. The number of hydrogen-bond acceptors (Lipinski definition) is 4. The Morgan fingerprint density at radius 1 is 0.344 bits per heavy atom. The maximum absolute atomic E-state index is 9.61. The van der Waals surface area contributed by atoms with Crippen molar-refractivity contribution in [3.63, 3.8) is 0 Å². The molecule has 0 aliphatic carbocycles. The lowest BCUT2D eigenvalue weighted by Gasteiger charge is -2.08. The monoisotopic (exact) mass is 426 g/mol. The molecule has 4 N–H and O–H groups in total. The van der Waals surface area contributed by atoms with E-state index in [1.165, 1.54) is 23.3 Å². The molecule has 162 valence electrons. The molecule has 4 aromatic rings. The summed E-state index contributed by atoms with van der Waals surface area (Å²) in [5.74, 6) is 0.329. The summed E-state index contributed by atoms with van der Waals surface area (Å²) in [6.07, 6.45) is 3.14. The maximum atomic E-state index is 9.61. The first-order chi connectivity index (χ1) is 15.4. The van der Waals surface area contributed by atoms with Crippen molar-refractivity contribution in [1.29, 1.82) is 0 Å². The molecule has 0 aliphatic rings. The van der Waals surface area contributed by atoms with Crippen LogP contribution in [0.1, 0.15) is 22.3 Å². The molecule has 0 aromatic heterocycles. The second-order valence-electron chi connectivity index (χ2n) is 8.11. The Bertz CT molecular complexity index is 1060. The van der Waals surface area contributed by atoms with Crippen LogP contribution < -0.4 is 0 Å². The van der Waals surface area contributed by atoms with Gasteiger partial charge < -0.3 is 20.4 Å². The van der Waals surface area contributed by atoms with Gasteiger partial charge in [0.25, 0.3) is 0 Å². The van der Waals surface area contributed by atoms with Crippen molar-refractivity contribution in [3.8, 4) is 34.1 Å². The van der Waals surface area contributed by atoms with Gasteiger partial charge in [-0.3, -0.25) is 0 Å². The number of benzene rings is 4. The summed E-state index contributed by atoms with van der Waals surface area (Å²) in [6, 6.07) is 26.3. The van der Waals surface area contributed by atoms with E-state index in [1.54, 1.807) is 24.3 Å². The van der Waals surface area contributed by atoms with Crippen LogP contribution in [0, 0.1) is 0 Å². The van der Waals surface area contributed by atoms with Crippen molar-refractivity contribution in [3.05, 3.63) is 107 Å². The first kappa shape index (κ1) is 21.3. The highest BCUT2D eigenvalue weighted by atomic mass is 16.3. The minimum absolute atomic E-state index is 0.0823. The minimum Gasteiger partial charge on any atom is -0.508 e. The van der Waals surface area contributed by atoms with Crippen molar-refractivity contribution in [1.82, 2.24) is 0 Å². The molecule has 32 heavy (non-hydrogen) atoms. The van der Waals surface area contributed by atoms with Crippen LogP contribution in [0.3, 0.4) is 0 Å². The first-order valence-corrected chi connectivity index (χ1v) is 10.7. The van der Waals surface area contributed by atoms with Crippen LogP contribution in [0.15, 0.2) is 84.9 Å². The Hall–Kier alpha value is -3.92. The van der Waals surface area contributed by atoms with Crippen molar-refractivity contribution >= 4 is 0 Å². The van der Waals surface area contributed by atoms with E-state index in [9.17, 15) is 20.4 Å². The van der Waals surface area contributed by atoms with Gasteiger partial charge in [-0.15, -0.1) is 0 Å². The fourth-order valence-corrected chi connectivity index (χ4v) is 3.91. The second kappa shape index (κ2) is 9.48. The van der Waals surface area contributed by atoms with Gasteiger partial charge in [-0.1, -0.05) is 48.5 Å². The highest BCUT2D eigenvalue weighted by Gasteiger charge is 2.04. The first-order valence-electron chi connectivity index (χ1n) is 10.7. The fourth-order valence-electron chi connectivity index (χ4n) is 3.91. The molecule has 4 aromatic carbocycles. The van der Waals surface area contributed by atoms with E-state index in [2.05, 4.69) is 48.5 Å². The van der Waals surface area contributed by atoms with E-state index < -0.39 is 0 Å². The summed E-state index contributed by atoms with van der Waals surface area (Å²) in [5.41, 5.74) is 6.50. The molecule has 0 bridgehead atoms. The van der Waals surface area contributed by atoms with E-state index in [-0.39, 0.29) is 23.0 Å². The van der Waals surface area contributed by atoms with E-state index in [0.717, 1.165) is 47.9 Å². The molecule has 0 unspecified atom stereocenters. The molecule has 0 atom stereocenters. The zero-order valence-corrected chi connectivity index (χ0v) is 17.7. The average molecular weight is 427 g/mol. The molecular weight excluding hydrogens is 400 g/mol. The third-order valence-electron chi connectivity index (χ3n) is 5.57. The number of aryl methyl sites for hydroxylation is 4. The highest BCUT2D eigenvalue weighted by Crippen LogP contribution is 2.25. The largest absolute Gasteiger partial charge is 0.508 e. The van der Waals surface area contributed by atoms with Crippen molar-refractivity contribution in [2.75, 3.05) is 0 Å². The molecule has 0 heterocycles. The van der Waals surface area contributed by atoms with Gasteiger partial charge >= 0.3 is 0 Å². The molecule has 0 aliphatic heterocycles. The van der Waals surface area contributed by atoms with Gasteiger partial charge in [0.1, 0.15) is 23.0 Å². The number of hydrogen-bond donors (Lipinski definition) is 4. The van der Waals surface area contributed by atoms with Crippen molar-refractivity contribution < 1.29 is 20.4 Å². The lowest BCUT2D eigenvalue weighted by atomic mass is 9.98. The Labute approximate surface area is 187 Å². The van der Waals surface area contributed by atoms with Crippen LogP contribution in [0.4, 0.5) is 0 Å². The van der Waals surface area contributed by atoms with Gasteiger partial charge in [-0.25, -0.2) is 0 Å². The van der Waals surface area contributed by atoms with Gasteiger partial charge in [-0.2, -0.15) is 0 Å². The summed E-state index contributed by atoms with van der Waals surface area (Å²) >= 11 is 0. The molecule has 0 amide bonds. The molecule has 4 rings (SSSR count). The Kier molecular flexibility index (Phi) is 6.31. The maximum Gasteiger partial charge on any atom is 0.119 e.